The zero-order valence-corrected chi connectivity index (χ0v) is 27.5. The molecule has 4 aromatic rings. The number of nitrogens with zero attached hydrogens (tertiary/aromatic N) is 5. The molecule has 1 saturated heterocycles. The molecule has 6 rings (SSSR count). The first-order valence-electron chi connectivity index (χ1n) is 14.0. The first-order valence-corrected chi connectivity index (χ1v) is 17.7. The number of benzene rings is 2. The molecule has 0 aliphatic carbocycles. The maximum absolute atomic E-state index is 14.1. The first kappa shape index (κ1) is 31.7. The summed E-state index contributed by atoms with van der Waals surface area (Å²) < 4.78 is 10.1. The minimum absolute atomic E-state index is 0.0972. The zero-order chi connectivity index (χ0) is 32.0. The molecule has 2 aliphatic rings. The first-order chi connectivity index (χ1) is 22.4. The second-order valence-corrected chi connectivity index (χ2v) is 13.8. The monoisotopic (exact) mass is 693 g/mol. The summed E-state index contributed by atoms with van der Waals surface area (Å²) in [5.41, 5.74) is 7.65. The van der Waals surface area contributed by atoms with Crippen LogP contribution < -0.4 is 11.1 Å². The van der Waals surface area contributed by atoms with Crippen LogP contribution in [0.4, 0.5) is 5.13 Å². The van der Waals surface area contributed by atoms with Crippen molar-refractivity contribution >= 4 is 75.0 Å². The normalized spacial score (nSPS) is 17.8. The van der Waals surface area contributed by atoms with E-state index in [0.717, 1.165) is 27.3 Å². The molecular weight excluding hydrogens is 667 g/mol. The summed E-state index contributed by atoms with van der Waals surface area (Å²) in [4.78, 5) is 53.6. The number of carbonyl (C=O) groups excluding carboxylic acids is 3. The number of rotatable bonds is 12. The van der Waals surface area contributed by atoms with Crippen molar-refractivity contribution in [2.75, 3.05) is 18.1 Å². The molecule has 236 valence electrons. The number of β-lactam (4-membered cyclic amide) rings is 1. The molecule has 2 atom stereocenters. The van der Waals surface area contributed by atoms with Crippen LogP contribution in [-0.2, 0) is 29.7 Å². The van der Waals surface area contributed by atoms with Crippen molar-refractivity contribution in [2.45, 2.75) is 30.2 Å². The van der Waals surface area contributed by atoms with E-state index in [0.29, 0.717) is 16.4 Å². The standard InChI is InChI=1S/C30H27N7O5S4/c1-2-41-35-22(20-15-45-30(31)33-20)26(38)34-23-27(39)37-24(21(16-44-28(23)37)43-14-19-13-32-36-46-19)29(40)42-25(17-9-5-3-6-10-17)18-11-7-4-8-12-18/h3-13,15,23,25,28H,2,14,16H2,1H3,(H2,31,33)(H,34,38)/b35-22-/t23-,28+/m1/s1. The number of carbonyl (C=O) groups is 3. The predicted molar refractivity (Wildman–Crippen MR) is 179 cm³/mol. The van der Waals surface area contributed by atoms with Crippen LogP contribution in [0.3, 0.4) is 0 Å². The van der Waals surface area contributed by atoms with Crippen LogP contribution in [0, 0.1) is 0 Å². The topological polar surface area (TPSA) is 162 Å². The summed E-state index contributed by atoms with van der Waals surface area (Å²) in [6.07, 6.45) is 0.968. The highest BCUT2D eigenvalue weighted by Crippen LogP contribution is 2.45. The van der Waals surface area contributed by atoms with Gasteiger partial charge in [-0.2, -0.15) is 0 Å². The SMILES string of the molecule is CCO/N=C(\C(=O)N[C@@H]1C(=O)N2C(C(=O)OC(c3ccccc3)c3ccccc3)=C(SCc3cnns3)CS[C@@H]12)c1csc(N)n1. The molecule has 2 aliphatic heterocycles. The van der Waals surface area contributed by atoms with Gasteiger partial charge < -0.3 is 20.6 Å². The smallest absolute Gasteiger partial charge is 0.356 e. The Hall–Kier alpha value is -4.25. The van der Waals surface area contributed by atoms with Crippen LogP contribution in [0.2, 0.25) is 0 Å². The third kappa shape index (κ3) is 6.79. The number of oxime groups is 1. The summed E-state index contributed by atoms with van der Waals surface area (Å²) in [6.45, 7) is 1.96. The molecule has 2 amide bonds. The van der Waals surface area contributed by atoms with E-state index < -0.39 is 35.3 Å². The number of hydrogen-bond donors (Lipinski definition) is 2. The fourth-order valence-corrected chi connectivity index (χ4v) is 8.46. The highest BCUT2D eigenvalue weighted by Gasteiger charge is 2.55. The van der Waals surface area contributed by atoms with E-state index in [9.17, 15) is 14.4 Å². The van der Waals surface area contributed by atoms with E-state index >= 15 is 0 Å². The lowest BCUT2D eigenvalue weighted by Gasteiger charge is -2.49. The van der Waals surface area contributed by atoms with E-state index in [2.05, 4.69) is 25.0 Å². The number of thiazole rings is 1. The largest absolute Gasteiger partial charge is 0.448 e. The van der Waals surface area contributed by atoms with E-state index in [1.54, 1.807) is 18.5 Å². The lowest BCUT2D eigenvalue weighted by molar-refractivity contribution is -0.154. The highest BCUT2D eigenvalue weighted by atomic mass is 32.2. The molecule has 1 fully saturated rings. The van der Waals surface area contributed by atoms with Gasteiger partial charge in [0, 0.05) is 21.8 Å². The number of nitrogens with one attached hydrogen (secondary N) is 1. The summed E-state index contributed by atoms with van der Waals surface area (Å²) in [5, 5.41) is 11.9. The fraction of sp³-hybridized carbons (Fsp3) is 0.233. The van der Waals surface area contributed by atoms with Crippen molar-refractivity contribution in [3.8, 4) is 0 Å². The average Bonchev–Trinajstić information content (AvgIpc) is 3.77. The third-order valence-corrected chi connectivity index (χ3v) is 11.0. The van der Waals surface area contributed by atoms with Gasteiger partial charge in [-0.25, -0.2) is 9.78 Å². The van der Waals surface area contributed by atoms with Crippen LogP contribution in [0.15, 0.2) is 88.0 Å². The number of esters is 1. The van der Waals surface area contributed by atoms with Crippen molar-refractivity contribution in [3.63, 3.8) is 0 Å². The second kappa shape index (κ2) is 14.5. The Morgan fingerprint density at radius 1 is 1.15 bits per heavy atom. The number of anilines is 1. The molecule has 16 heteroatoms. The Morgan fingerprint density at radius 2 is 1.87 bits per heavy atom. The van der Waals surface area contributed by atoms with Crippen molar-refractivity contribution in [2.24, 2.45) is 5.16 Å². The zero-order valence-electron chi connectivity index (χ0n) is 24.3. The number of thioether (sulfide) groups is 2. The van der Waals surface area contributed by atoms with Crippen LogP contribution in [0.1, 0.15) is 34.7 Å². The molecule has 0 radical (unpaired) electrons. The lowest BCUT2D eigenvalue weighted by Crippen LogP contribution is -2.71. The number of hydrogen-bond acceptors (Lipinski definition) is 14. The number of nitrogens with two attached hydrogens (primary N) is 1. The van der Waals surface area contributed by atoms with E-state index in [1.807, 2.05) is 60.7 Å². The van der Waals surface area contributed by atoms with Crippen molar-refractivity contribution in [3.05, 3.63) is 105 Å². The minimum Gasteiger partial charge on any atom is -0.448 e. The van der Waals surface area contributed by atoms with Gasteiger partial charge in [-0.15, -0.1) is 40.0 Å². The Morgan fingerprint density at radius 3 is 2.48 bits per heavy atom. The Balaban J connectivity index is 1.27. The van der Waals surface area contributed by atoms with Gasteiger partial charge in [-0.1, -0.05) is 70.3 Å². The van der Waals surface area contributed by atoms with Crippen LogP contribution in [-0.4, -0.2) is 66.7 Å². The molecule has 0 unspecified atom stereocenters. The Labute approximate surface area is 280 Å². The molecule has 0 saturated carbocycles. The number of nitrogen functional groups attached to an aromatic ring is 1. The van der Waals surface area contributed by atoms with E-state index in [4.69, 9.17) is 15.3 Å². The number of amides is 2. The van der Waals surface area contributed by atoms with Crippen LogP contribution in [0.25, 0.3) is 0 Å². The number of aromatic nitrogens is 3. The molecule has 2 aromatic carbocycles. The fourth-order valence-electron chi connectivity index (χ4n) is 4.79. The molecule has 4 heterocycles. The van der Waals surface area contributed by atoms with Gasteiger partial charge in [0.25, 0.3) is 11.8 Å². The number of ether oxygens (including phenoxy) is 1. The molecular formula is C30H27N7O5S4. The van der Waals surface area contributed by atoms with Crippen molar-refractivity contribution < 1.29 is 24.0 Å². The summed E-state index contributed by atoms with van der Waals surface area (Å²) >= 11 is 5.30. The molecule has 46 heavy (non-hydrogen) atoms. The maximum atomic E-state index is 14.1. The van der Waals surface area contributed by atoms with Gasteiger partial charge in [0.1, 0.15) is 29.4 Å². The number of fused-ring (bicyclic) bond motifs is 1. The van der Waals surface area contributed by atoms with E-state index in [1.165, 1.54) is 40.0 Å². The average molecular weight is 694 g/mol. The van der Waals surface area contributed by atoms with Crippen molar-refractivity contribution in [1.29, 1.82) is 0 Å². The maximum Gasteiger partial charge on any atom is 0.356 e. The predicted octanol–water partition coefficient (Wildman–Crippen LogP) is 4.20. The molecule has 0 bridgehead atoms. The van der Waals surface area contributed by atoms with Gasteiger partial charge in [-0.05, 0) is 29.6 Å². The van der Waals surface area contributed by atoms with Crippen molar-refractivity contribution in [1.82, 2.24) is 24.8 Å². The summed E-state index contributed by atoms with van der Waals surface area (Å²) in [7, 11) is 0. The minimum atomic E-state index is -0.917. The van der Waals surface area contributed by atoms with Gasteiger partial charge in [0.05, 0.1) is 11.1 Å². The third-order valence-electron chi connectivity index (χ3n) is 6.90. The quantitative estimate of drug-likeness (QED) is 0.0947. The molecule has 12 nitrogen and oxygen atoms in total. The lowest BCUT2D eigenvalue weighted by atomic mass is 10.0. The van der Waals surface area contributed by atoms with Gasteiger partial charge >= 0.3 is 5.97 Å². The van der Waals surface area contributed by atoms with Gasteiger partial charge in [0.15, 0.2) is 16.9 Å². The summed E-state index contributed by atoms with van der Waals surface area (Å²) in [5.74, 6) is -0.781. The Kier molecular flexibility index (Phi) is 9.97. The Bertz CT molecular complexity index is 1730. The van der Waals surface area contributed by atoms with Gasteiger partial charge in [-0.3, -0.25) is 14.5 Å². The van der Waals surface area contributed by atoms with E-state index in [-0.39, 0.29) is 28.8 Å². The van der Waals surface area contributed by atoms with Crippen LogP contribution >= 0.6 is 46.4 Å². The molecule has 3 N–H and O–H groups in total. The van der Waals surface area contributed by atoms with Crippen LogP contribution in [0.5, 0.6) is 0 Å². The highest BCUT2D eigenvalue weighted by molar-refractivity contribution is 8.05. The van der Waals surface area contributed by atoms with Gasteiger partial charge in [0.2, 0.25) is 0 Å². The second-order valence-electron chi connectivity index (χ2n) is 9.84. The molecule has 0 spiro atoms. The summed E-state index contributed by atoms with van der Waals surface area (Å²) in [6, 6.07) is 18.0. The molecule has 2 aromatic heterocycles.